The molecule has 3 aromatic rings. The van der Waals surface area contributed by atoms with Crippen LogP contribution in [0.25, 0.3) is 21.9 Å². The number of methoxy groups -OCH3 is 1. The van der Waals surface area contributed by atoms with Crippen LogP contribution in [0.2, 0.25) is 0 Å². The first-order valence-electron chi connectivity index (χ1n) is 8.71. The molecular formula is C21H25NO3. The summed E-state index contributed by atoms with van der Waals surface area (Å²) in [6.45, 7) is 9.34. The zero-order chi connectivity index (χ0) is 18.1. The van der Waals surface area contributed by atoms with E-state index in [1.165, 1.54) is 0 Å². The number of rotatable bonds is 5. The van der Waals surface area contributed by atoms with Crippen LogP contribution in [0.1, 0.15) is 33.3 Å². The lowest BCUT2D eigenvalue weighted by Crippen LogP contribution is -2.36. The van der Waals surface area contributed by atoms with Crippen molar-refractivity contribution < 1.29 is 9.15 Å². The molecule has 0 unspecified atom stereocenters. The Bertz CT molecular complexity index is 948. The summed E-state index contributed by atoms with van der Waals surface area (Å²) in [5.41, 5.74) is 2.15. The molecule has 0 atom stereocenters. The fraction of sp³-hybridized carbons (Fsp3) is 0.381. The van der Waals surface area contributed by atoms with Gasteiger partial charge in [0.25, 0.3) is 0 Å². The number of hydrogen-bond donors (Lipinski definition) is 0. The highest BCUT2D eigenvalue weighted by atomic mass is 16.5. The molecule has 0 N–H and O–H groups in total. The van der Waals surface area contributed by atoms with E-state index in [4.69, 9.17) is 9.15 Å². The predicted octanol–water partition coefficient (Wildman–Crippen LogP) is 4.57. The molecule has 1 heterocycles. The number of benzene rings is 2. The fourth-order valence-corrected chi connectivity index (χ4v) is 3.39. The van der Waals surface area contributed by atoms with Crippen LogP contribution in [0.4, 0.5) is 0 Å². The second-order valence-electron chi connectivity index (χ2n) is 6.91. The maximum absolute atomic E-state index is 12.9. The van der Waals surface area contributed by atoms with Crippen LogP contribution in [-0.4, -0.2) is 24.1 Å². The molecule has 0 radical (unpaired) electrons. The molecule has 0 bridgehead atoms. The third kappa shape index (κ3) is 3.14. The minimum atomic E-state index is 0.00129. The molecule has 0 fully saturated rings. The van der Waals surface area contributed by atoms with Crippen LogP contribution in [0.5, 0.6) is 5.75 Å². The van der Waals surface area contributed by atoms with Crippen LogP contribution >= 0.6 is 0 Å². The van der Waals surface area contributed by atoms with Crippen LogP contribution in [0.15, 0.2) is 45.6 Å². The molecule has 0 amide bonds. The SMILES string of the molecule is COc1ccc2c(=O)c3ccccc3oc2c1CN(C(C)C)C(C)C. The smallest absolute Gasteiger partial charge is 0.200 e. The molecule has 3 rings (SSSR count). The van der Waals surface area contributed by atoms with Gasteiger partial charge in [-0.2, -0.15) is 0 Å². The largest absolute Gasteiger partial charge is 0.496 e. The quantitative estimate of drug-likeness (QED) is 0.639. The monoisotopic (exact) mass is 339 g/mol. The summed E-state index contributed by atoms with van der Waals surface area (Å²) in [6, 6.07) is 11.8. The van der Waals surface area contributed by atoms with Gasteiger partial charge in [0.2, 0.25) is 5.43 Å². The summed E-state index contributed by atoms with van der Waals surface area (Å²) in [5, 5.41) is 1.21. The van der Waals surface area contributed by atoms with Crippen LogP contribution in [0, 0.1) is 0 Å². The number of hydrogen-bond acceptors (Lipinski definition) is 4. The van der Waals surface area contributed by atoms with Crippen molar-refractivity contribution >= 4 is 21.9 Å². The highest BCUT2D eigenvalue weighted by Crippen LogP contribution is 2.31. The van der Waals surface area contributed by atoms with E-state index >= 15 is 0 Å². The van der Waals surface area contributed by atoms with Gasteiger partial charge in [0.15, 0.2) is 0 Å². The molecule has 0 spiro atoms. The van der Waals surface area contributed by atoms with Crippen molar-refractivity contribution in [1.29, 1.82) is 0 Å². The third-order valence-electron chi connectivity index (χ3n) is 4.69. The first-order chi connectivity index (χ1) is 11.9. The van der Waals surface area contributed by atoms with Gasteiger partial charge in [0, 0.05) is 18.6 Å². The first-order valence-corrected chi connectivity index (χ1v) is 8.71. The summed E-state index contributed by atoms with van der Waals surface area (Å²) >= 11 is 0. The normalized spacial score (nSPS) is 12.0. The van der Waals surface area contributed by atoms with Crippen molar-refractivity contribution in [3.05, 3.63) is 52.2 Å². The average molecular weight is 339 g/mol. The molecule has 1 aromatic heterocycles. The number of para-hydroxylation sites is 1. The zero-order valence-corrected chi connectivity index (χ0v) is 15.5. The number of ether oxygens (including phenoxy) is 1. The van der Waals surface area contributed by atoms with Crippen molar-refractivity contribution in [2.45, 2.75) is 46.3 Å². The Kier molecular flexibility index (Phi) is 4.82. The fourth-order valence-electron chi connectivity index (χ4n) is 3.39. The molecule has 0 saturated carbocycles. The molecule has 25 heavy (non-hydrogen) atoms. The van der Waals surface area contributed by atoms with Gasteiger partial charge in [0.05, 0.1) is 23.4 Å². The van der Waals surface area contributed by atoms with Crippen molar-refractivity contribution in [1.82, 2.24) is 4.90 Å². The summed E-state index contributed by atoms with van der Waals surface area (Å²) in [5.74, 6) is 0.747. The van der Waals surface area contributed by atoms with Crippen LogP contribution in [0.3, 0.4) is 0 Å². The maximum Gasteiger partial charge on any atom is 0.200 e. The number of fused-ring (bicyclic) bond motifs is 2. The van der Waals surface area contributed by atoms with Gasteiger partial charge < -0.3 is 9.15 Å². The van der Waals surface area contributed by atoms with E-state index in [2.05, 4.69) is 32.6 Å². The lowest BCUT2D eigenvalue weighted by atomic mass is 10.1. The van der Waals surface area contributed by atoms with Crippen LogP contribution in [-0.2, 0) is 6.54 Å². The summed E-state index contributed by atoms with van der Waals surface area (Å²) in [6.07, 6.45) is 0. The van der Waals surface area contributed by atoms with Crippen LogP contribution < -0.4 is 10.2 Å². The van der Waals surface area contributed by atoms with E-state index in [-0.39, 0.29) is 5.43 Å². The van der Waals surface area contributed by atoms with Gasteiger partial charge in [0.1, 0.15) is 16.9 Å². The van der Waals surface area contributed by atoms with Gasteiger partial charge in [-0.25, -0.2) is 0 Å². The molecule has 132 valence electrons. The van der Waals surface area contributed by atoms with E-state index in [1.807, 2.05) is 24.3 Å². The first kappa shape index (κ1) is 17.5. The van der Waals surface area contributed by atoms with Crippen molar-refractivity contribution in [2.24, 2.45) is 0 Å². The van der Waals surface area contributed by atoms with Gasteiger partial charge in [-0.15, -0.1) is 0 Å². The van der Waals surface area contributed by atoms with Gasteiger partial charge >= 0.3 is 0 Å². The predicted molar refractivity (Wildman–Crippen MR) is 102 cm³/mol. The van der Waals surface area contributed by atoms with E-state index in [0.29, 0.717) is 40.6 Å². The average Bonchev–Trinajstić information content (AvgIpc) is 2.59. The highest BCUT2D eigenvalue weighted by Gasteiger charge is 2.21. The topological polar surface area (TPSA) is 42.7 Å². The van der Waals surface area contributed by atoms with Crippen molar-refractivity contribution in [3.8, 4) is 5.75 Å². The Hall–Kier alpha value is -2.33. The Morgan fingerprint density at radius 2 is 1.68 bits per heavy atom. The number of nitrogens with zero attached hydrogens (tertiary/aromatic N) is 1. The van der Waals surface area contributed by atoms with Gasteiger partial charge in [-0.05, 0) is 52.0 Å². The minimum absolute atomic E-state index is 0.00129. The molecule has 0 aliphatic carbocycles. The van der Waals surface area contributed by atoms with E-state index in [0.717, 1.165) is 11.3 Å². The van der Waals surface area contributed by atoms with Crippen molar-refractivity contribution in [3.63, 3.8) is 0 Å². The molecule has 2 aromatic carbocycles. The maximum atomic E-state index is 12.9. The van der Waals surface area contributed by atoms with Crippen molar-refractivity contribution in [2.75, 3.05) is 7.11 Å². The second kappa shape index (κ2) is 6.89. The summed E-state index contributed by atoms with van der Waals surface area (Å²) in [7, 11) is 1.65. The van der Waals surface area contributed by atoms with Gasteiger partial charge in [-0.3, -0.25) is 9.69 Å². The Morgan fingerprint density at radius 3 is 2.32 bits per heavy atom. The molecule has 0 aliphatic heterocycles. The van der Waals surface area contributed by atoms with Gasteiger partial charge in [-0.1, -0.05) is 12.1 Å². The van der Waals surface area contributed by atoms with E-state index < -0.39 is 0 Å². The second-order valence-corrected chi connectivity index (χ2v) is 6.91. The Balaban J connectivity index is 2.30. The van der Waals surface area contributed by atoms with E-state index in [1.54, 1.807) is 19.2 Å². The molecule has 0 aliphatic rings. The third-order valence-corrected chi connectivity index (χ3v) is 4.69. The summed E-state index contributed by atoms with van der Waals surface area (Å²) < 4.78 is 11.7. The zero-order valence-electron chi connectivity index (χ0n) is 15.5. The van der Waals surface area contributed by atoms with E-state index in [9.17, 15) is 4.79 Å². The molecule has 4 nitrogen and oxygen atoms in total. The highest BCUT2D eigenvalue weighted by molar-refractivity contribution is 5.92. The minimum Gasteiger partial charge on any atom is -0.496 e. The molecule has 4 heteroatoms. The lowest BCUT2D eigenvalue weighted by molar-refractivity contribution is 0.164. The summed E-state index contributed by atoms with van der Waals surface area (Å²) in [4.78, 5) is 15.2. The molecule has 0 saturated heterocycles. The Morgan fingerprint density at radius 1 is 1.00 bits per heavy atom. The lowest BCUT2D eigenvalue weighted by Gasteiger charge is -2.31. The molecular weight excluding hydrogens is 314 g/mol. The standard InChI is InChI=1S/C21H25NO3/c1-13(2)22(14(3)4)12-17-18(24-5)11-10-16-20(23)15-8-6-7-9-19(15)25-21(16)17/h6-11,13-14H,12H2,1-5H3. The Labute approximate surface area is 148 Å².